The van der Waals surface area contributed by atoms with Gasteiger partial charge in [-0.2, -0.15) is 5.26 Å². The lowest BCUT2D eigenvalue weighted by Gasteiger charge is -2.26. The van der Waals surface area contributed by atoms with Crippen molar-refractivity contribution in [2.24, 2.45) is 0 Å². The summed E-state index contributed by atoms with van der Waals surface area (Å²) >= 11 is 0. The Morgan fingerprint density at radius 1 is 1.12 bits per heavy atom. The van der Waals surface area contributed by atoms with E-state index >= 15 is 0 Å². The van der Waals surface area contributed by atoms with Gasteiger partial charge in [-0.15, -0.1) is 0 Å². The fourth-order valence-electron chi connectivity index (χ4n) is 3.31. The Balaban J connectivity index is 1.68. The number of nitriles is 1. The molecule has 1 amide bonds. The number of halogens is 2. The number of carbonyl (C=O) groups excluding carboxylic acids is 1. The minimum atomic E-state index is -0.668. The first-order valence-electron chi connectivity index (χ1n) is 9.97. The fourth-order valence-corrected chi connectivity index (χ4v) is 3.31. The van der Waals surface area contributed by atoms with Crippen molar-refractivity contribution in [2.45, 2.75) is 12.6 Å². The summed E-state index contributed by atoms with van der Waals surface area (Å²) in [5.41, 5.74) is 1.57. The van der Waals surface area contributed by atoms with Crippen molar-refractivity contribution in [1.82, 2.24) is 15.2 Å². The third-order valence-electron chi connectivity index (χ3n) is 4.99. The highest BCUT2D eigenvalue weighted by atomic mass is 19.1. The molecule has 0 saturated carbocycles. The summed E-state index contributed by atoms with van der Waals surface area (Å²) in [5, 5.41) is 15.0. The van der Waals surface area contributed by atoms with Crippen LogP contribution in [-0.4, -0.2) is 36.4 Å². The van der Waals surface area contributed by atoms with E-state index in [1.807, 2.05) is 6.07 Å². The Morgan fingerprint density at radius 3 is 2.53 bits per heavy atom. The van der Waals surface area contributed by atoms with Crippen LogP contribution >= 0.6 is 0 Å². The summed E-state index contributed by atoms with van der Waals surface area (Å²) in [5.74, 6) is -1.20. The van der Waals surface area contributed by atoms with E-state index < -0.39 is 17.7 Å². The van der Waals surface area contributed by atoms with E-state index in [9.17, 15) is 13.6 Å². The second-order valence-electron chi connectivity index (χ2n) is 7.39. The standard InChI is InChI=1S/C24H23F2N5O/c1-31(2)21(22-19(25)9-4-10-20(22)26)15-30-24(32)17-7-3-6-16(12-17)14-29-23-18(13-27)8-5-11-28-23/h3-12,21H,14-15H2,1-2H3,(H,28,29)(H,30,32). The molecule has 3 aromatic rings. The van der Waals surface area contributed by atoms with Gasteiger partial charge in [0.25, 0.3) is 5.91 Å². The number of amides is 1. The second-order valence-corrected chi connectivity index (χ2v) is 7.39. The van der Waals surface area contributed by atoms with Gasteiger partial charge < -0.3 is 15.5 Å². The van der Waals surface area contributed by atoms with Gasteiger partial charge in [0.05, 0.1) is 11.6 Å². The lowest BCUT2D eigenvalue weighted by molar-refractivity contribution is 0.0940. The zero-order chi connectivity index (χ0) is 23.1. The molecule has 0 spiro atoms. The molecule has 1 aromatic heterocycles. The predicted octanol–water partition coefficient (Wildman–Crippen LogP) is 3.88. The number of hydrogen-bond donors (Lipinski definition) is 2. The molecule has 2 N–H and O–H groups in total. The normalized spacial score (nSPS) is 11.6. The average Bonchev–Trinajstić information content (AvgIpc) is 2.79. The van der Waals surface area contributed by atoms with E-state index in [4.69, 9.17) is 5.26 Å². The van der Waals surface area contributed by atoms with Crippen LogP contribution in [0.4, 0.5) is 14.6 Å². The van der Waals surface area contributed by atoms with Crippen LogP contribution in [0.25, 0.3) is 0 Å². The number of carbonyl (C=O) groups is 1. The molecule has 32 heavy (non-hydrogen) atoms. The number of rotatable bonds is 8. The Labute approximate surface area is 185 Å². The molecule has 1 atom stereocenters. The summed E-state index contributed by atoms with van der Waals surface area (Å²) in [6.07, 6.45) is 1.59. The van der Waals surface area contributed by atoms with Gasteiger partial charge in [-0.3, -0.25) is 4.79 Å². The van der Waals surface area contributed by atoms with Crippen LogP contribution in [0.2, 0.25) is 0 Å². The highest BCUT2D eigenvalue weighted by Gasteiger charge is 2.23. The van der Waals surface area contributed by atoms with Gasteiger partial charge in [-0.25, -0.2) is 13.8 Å². The second kappa shape index (κ2) is 10.5. The number of aromatic nitrogens is 1. The lowest BCUT2D eigenvalue weighted by Crippen LogP contribution is -2.35. The van der Waals surface area contributed by atoms with E-state index in [0.717, 1.165) is 5.56 Å². The fraction of sp³-hybridized carbons (Fsp3) is 0.208. The summed E-state index contributed by atoms with van der Waals surface area (Å²) in [6, 6.07) is 15.4. The van der Waals surface area contributed by atoms with Crippen molar-refractivity contribution in [1.29, 1.82) is 5.26 Å². The quantitative estimate of drug-likeness (QED) is 0.561. The number of nitrogens with zero attached hydrogens (tertiary/aromatic N) is 3. The molecule has 2 aromatic carbocycles. The van der Waals surface area contributed by atoms with Crippen molar-refractivity contribution < 1.29 is 13.6 Å². The van der Waals surface area contributed by atoms with E-state index in [1.165, 1.54) is 18.2 Å². The maximum Gasteiger partial charge on any atom is 0.251 e. The largest absolute Gasteiger partial charge is 0.365 e. The van der Waals surface area contributed by atoms with Gasteiger partial charge in [0.2, 0.25) is 0 Å². The number of likely N-dealkylation sites (N-methyl/N-ethyl adjacent to an activating group) is 1. The topological polar surface area (TPSA) is 81.1 Å². The van der Waals surface area contributed by atoms with Gasteiger partial charge in [0.1, 0.15) is 23.5 Å². The SMILES string of the molecule is CN(C)C(CNC(=O)c1cccc(CNc2ncccc2C#N)c1)c1c(F)cccc1F. The molecular formula is C24H23F2N5O. The van der Waals surface area contributed by atoms with Gasteiger partial charge in [-0.1, -0.05) is 18.2 Å². The molecule has 0 aliphatic heterocycles. The smallest absolute Gasteiger partial charge is 0.251 e. The van der Waals surface area contributed by atoms with Crippen LogP contribution in [0, 0.1) is 23.0 Å². The Bertz CT molecular complexity index is 1120. The van der Waals surface area contributed by atoms with Crippen LogP contribution in [0.3, 0.4) is 0 Å². The molecule has 1 heterocycles. The van der Waals surface area contributed by atoms with Gasteiger partial charge in [-0.05, 0) is 56.1 Å². The maximum atomic E-state index is 14.2. The van der Waals surface area contributed by atoms with Gasteiger partial charge >= 0.3 is 0 Å². The van der Waals surface area contributed by atoms with Crippen molar-refractivity contribution in [3.63, 3.8) is 0 Å². The molecule has 3 rings (SSSR count). The summed E-state index contributed by atoms with van der Waals surface area (Å²) in [7, 11) is 3.39. The van der Waals surface area contributed by atoms with Crippen molar-refractivity contribution in [3.8, 4) is 6.07 Å². The van der Waals surface area contributed by atoms with E-state index in [-0.39, 0.29) is 18.0 Å². The van der Waals surface area contributed by atoms with E-state index in [0.29, 0.717) is 23.5 Å². The number of pyridine rings is 1. The first-order valence-corrected chi connectivity index (χ1v) is 9.97. The minimum Gasteiger partial charge on any atom is -0.365 e. The number of benzene rings is 2. The lowest BCUT2D eigenvalue weighted by atomic mass is 10.0. The first kappa shape index (κ1) is 22.8. The summed E-state index contributed by atoms with van der Waals surface area (Å²) < 4.78 is 28.5. The zero-order valence-corrected chi connectivity index (χ0v) is 17.8. The Kier molecular flexibility index (Phi) is 7.47. The molecule has 0 bridgehead atoms. The van der Waals surface area contributed by atoms with Crippen LogP contribution in [0.5, 0.6) is 0 Å². The summed E-state index contributed by atoms with van der Waals surface area (Å²) in [6.45, 7) is 0.402. The third kappa shape index (κ3) is 5.45. The molecule has 0 saturated heterocycles. The van der Waals surface area contributed by atoms with Crippen LogP contribution in [0.15, 0.2) is 60.8 Å². The molecule has 6 nitrogen and oxygen atoms in total. The monoisotopic (exact) mass is 435 g/mol. The van der Waals surface area contributed by atoms with E-state index in [2.05, 4.69) is 21.7 Å². The zero-order valence-electron chi connectivity index (χ0n) is 17.8. The maximum absolute atomic E-state index is 14.2. The van der Waals surface area contributed by atoms with Gasteiger partial charge in [0, 0.05) is 30.4 Å². The van der Waals surface area contributed by atoms with Crippen LogP contribution in [0.1, 0.15) is 33.1 Å². The molecule has 8 heteroatoms. The first-order chi connectivity index (χ1) is 15.4. The van der Waals surface area contributed by atoms with Crippen molar-refractivity contribution >= 4 is 11.7 Å². The third-order valence-corrected chi connectivity index (χ3v) is 4.99. The van der Waals surface area contributed by atoms with Gasteiger partial charge in [0.15, 0.2) is 0 Å². The summed E-state index contributed by atoms with van der Waals surface area (Å²) in [4.78, 5) is 18.5. The van der Waals surface area contributed by atoms with Crippen LogP contribution < -0.4 is 10.6 Å². The molecular weight excluding hydrogens is 412 g/mol. The molecule has 0 aliphatic rings. The molecule has 0 fully saturated rings. The highest BCUT2D eigenvalue weighted by Crippen LogP contribution is 2.24. The molecule has 0 radical (unpaired) electrons. The van der Waals surface area contributed by atoms with E-state index in [1.54, 1.807) is 55.5 Å². The minimum absolute atomic E-state index is 0.0334. The number of nitrogens with one attached hydrogen (secondary N) is 2. The van der Waals surface area contributed by atoms with Crippen LogP contribution in [-0.2, 0) is 6.54 Å². The number of anilines is 1. The number of hydrogen-bond acceptors (Lipinski definition) is 5. The highest BCUT2D eigenvalue weighted by molar-refractivity contribution is 5.94. The van der Waals surface area contributed by atoms with Crippen molar-refractivity contribution in [2.75, 3.05) is 26.0 Å². The van der Waals surface area contributed by atoms with Crippen molar-refractivity contribution in [3.05, 3.63) is 94.7 Å². The average molecular weight is 435 g/mol. The molecule has 0 aliphatic carbocycles. The Morgan fingerprint density at radius 2 is 1.84 bits per heavy atom. The Hall–Kier alpha value is -3.83. The molecule has 1 unspecified atom stereocenters. The molecule has 164 valence electrons. The predicted molar refractivity (Wildman–Crippen MR) is 118 cm³/mol.